The van der Waals surface area contributed by atoms with Crippen LogP contribution in [0.2, 0.25) is 0 Å². The highest BCUT2D eigenvalue weighted by Gasteiger charge is 2.27. The molecule has 0 aliphatic carbocycles. The summed E-state index contributed by atoms with van der Waals surface area (Å²) in [5.41, 5.74) is 6.09. The van der Waals surface area contributed by atoms with E-state index in [2.05, 4.69) is 10.6 Å². The third kappa shape index (κ3) is 5.85. The molecule has 0 aromatic heterocycles. The van der Waals surface area contributed by atoms with E-state index in [0.717, 1.165) is 0 Å². The van der Waals surface area contributed by atoms with Crippen LogP contribution in [0.1, 0.15) is 20.7 Å². The number of hydrogen-bond acceptors (Lipinski definition) is 7. The number of primary amides is 1. The van der Waals surface area contributed by atoms with Crippen LogP contribution in [-0.2, 0) is 4.79 Å². The van der Waals surface area contributed by atoms with Crippen molar-refractivity contribution in [2.75, 3.05) is 31.6 Å². The molecule has 1 atom stereocenters. The predicted molar refractivity (Wildman–Crippen MR) is 119 cm³/mol. The van der Waals surface area contributed by atoms with Gasteiger partial charge in [0.15, 0.2) is 5.78 Å². The van der Waals surface area contributed by atoms with Crippen molar-refractivity contribution in [1.29, 1.82) is 0 Å². The number of halogens is 3. The SMILES string of the molecule is NC(=O)c1c(I)c(NCC(=O)CO)c(I)c(C(=O)NCC(O)CO)c1I. The predicted octanol–water partition coefficient (Wildman–Crippen LogP) is -0.344. The highest BCUT2D eigenvalue weighted by molar-refractivity contribution is 14.1. The Morgan fingerprint density at radius 1 is 1.04 bits per heavy atom. The van der Waals surface area contributed by atoms with Crippen LogP contribution < -0.4 is 16.4 Å². The lowest BCUT2D eigenvalue weighted by Gasteiger charge is -2.19. The average molecular weight is 703 g/mol. The molecule has 2 amide bonds. The summed E-state index contributed by atoms with van der Waals surface area (Å²) in [6.07, 6.45) is -1.12. The van der Waals surface area contributed by atoms with Crippen LogP contribution in [0.5, 0.6) is 0 Å². The van der Waals surface area contributed by atoms with Crippen LogP contribution in [0.4, 0.5) is 5.69 Å². The zero-order valence-corrected chi connectivity index (χ0v) is 19.7. The van der Waals surface area contributed by atoms with Crippen LogP contribution in [-0.4, -0.2) is 65.3 Å². The second-order valence-electron chi connectivity index (χ2n) is 5.03. The monoisotopic (exact) mass is 703 g/mol. The Kier molecular flexibility index (Phi) is 9.94. The van der Waals surface area contributed by atoms with Crippen molar-refractivity contribution in [2.24, 2.45) is 5.73 Å². The molecule has 144 valence electrons. The van der Waals surface area contributed by atoms with E-state index in [1.807, 2.05) is 67.8 Å². The molecule has 7 N–H and O–H groups in total. The van der Waals surface area contributed by atoms with Gasteiger partial charge in [-0.1, -0.05) is 0 Å². The van der Waals surface area contributed by atoms with E-state index in [4.69, 9.17) is 15.9 Å². The minimum atomic E-state index is -1.12. The summed E-state index contributed by atoms with van der Waals surface area (Å²) in [5, 5.41) is 32.4. The molecule has 0 fully saturated rings. The molecular formula is C14H16I3N3O6. The van der Waals surface area contributed by atoms with E-state index in [1.54, 1.807) is 0 Å². The molecule has 9 nitrogen and oxygen atoms in total. The first-order valence-electron chi connectivity index (χ1n) is 7.09. The van der Waals surface area contributed by atoms with Crippen LogP contribution >= 0.6 is 67.8 Å². The van der Waals surface area contributed by atoms with Crippen molar-refractivity contribution >= 4 is 91.1 Å². The summed E-state index contributed by atoms with van der Waals surface area (Å²) >= 11 is 5.63. The topological polar surface area (TPSA) is 162 Å². The van der Waals surface area contributed by atoms with Gasteiger partial charge in [0.05, 0.1) is 43.2 Å². The van der Waals surface area contributed by atoms with E-state index in [1.165, 1.54) is 0 Å². The van der Waals surface area contributed by atoms with Crippen LogP contribution in [0.3, 0.4) is 0 Å². The molecule has 0 aliphatic rings. The molecule has 1 aromatic carbocycles. The van der Waals surface area contributed by atoms with Crippen molar-refractivity contribution in [1.82, 2.24) is 5.32 Å². The summed E-state index contributed by atoms with van der Waals surface area (Å²) in [6, 6.07) is 0. The lowest BCUT2D eigenvalue weighted by atomic mass is 10.1. The van der Waals surface area contributed by atoms with Gasteiger partial charge in [-0.2, -0.15) is 0 Å². The van der Waals surface area contributed by atoms with Gasteiger partial charge >= 0.3 is 0 Å². The Labute approximate surface area is 189 Å². The molecule has 0 bridgehead atoms. The second kappa shape index (κ2) is 10.9. The van der Waals surface area contributed by atoms with Gasteiger partial charge in [-0.15, -0.1) is 0 Å². The molecular weight excluding hydrogens is 687 g/mol. The summed E-state index contributed by atoms with van der Waals surface area (Å²) in [7, 11) is 0. The highest BCUT2D eigenvalue weighted by Crippen LogP contribution is 2.35. The van der Waals surface area contributed by atoms with Crippen molar-refractivity contribution in [3.05, 3.63) is 21.8 Å². The number of rotatable bonds is 9. The van der Waals surface area contributed by atoms with E-state index >= 15 is 0 Å². The Morgan fingerprint density at radius 3 is 2.12 bits per heavy atom. The number of ketones is 1. The smallest absolute Gasteiger partial charge is 0.253 e. The fraction of sp³-hybridized carbons (Fsp3) is 0.357. The Hall–Kier alpha value is -0.300. The lowest BCUT2D eigenvalue weighted by Crippen LogP contribution is -2.35. The molecule has 0 saturated carbocycles. The molecule has 0 heterocycles. The Bertz CT molecular complexity index is 729. The zero-order valence-electron chi connectivity index (χ0n) is 13.2. The van der Waals surface area contributed by atoms with Crippen molar-refractivity contribution in [2.45, 2.75) is 6.10 Å². The van der Waals surface area contributed by atoms with Gasteiger partial charge in [0.25, 0.3) is 11.8 Å². The third-order valence-electron chi connectivity index (χ3n) is 3.14. The number of carbonyl (C=O) groups is 3. The molecule has 1 rings (SSSR count). The molecule has 0 saturated heterocycles. The highest BCUT2D eigenvalue weighted by atomic mass is 127. The first kappa shape index (κ1) is 23.7. The van der Waals surface area contributed by atoms with Crippen molar-refractivity contribution in [3.63, 3.8) is 0 Å². The van der Waals surface area contributed by atoms with Gasteiger partial charge in [0.1, 0.15) is 6.61 Å². The standard InChI is InChI=1S/C14H16I3N3O6/c15-9-7(13(18)25)10(16)12(19-1-5(23)3-21)11(17)8(9)14(26)20-2-6(24)4-22/h6,19,21-22,24H,1-4H2,(H2,18,25)(H,20,26). The van der Waals surface area contributed by atoms with Crippen LogP contribution in [0, 0.1) is 10.7 Å². The molecule has 0 radical (unpaired) electrons. The number of nitrogens with two attached hydrogens (primary N) is 1. The zero-order chi connectivity index (χ0) is 20.0. The van der Waals surface area contributed by atoms with Gasteiger partial charge in [-0.05, 0) is 67.8 Å². The fourth-order valence-electron chi connectivity index (χ4n) is 1.84. The number of aliphatic hydroxyl groups is 3. The minimum absolute atomic E-state index is 0.124. The molecule has 0 spiro atoms. The van der Waals surface area contributed by atoms with E-state index in [0.29, 0.717) is 16.4 Å². The number of amides is 2. The summed E-state index contributed by atoms with van der Waals surface area (Å²) < 4.78 is 1.23. The number of nitrogens with one attached hydrogen (secondary N) is 2. The normalized spacial score (nSPS) is 11.8. The maximum atomic E-state index is 12.5. The van der Waals surface area contributed by atoms with E-state index < -0.39 is 36.9 Å². The van der Waals surface area contributed by atoms with Gasteiger partial charge in [-0.25, -0.2) is 0 Å². The van der Waals surface area contributed by atoms with Crippen molar-refractivity contribution in [3.8, 4) is 0 Å². The van der Waals surface area contributed by atoms with E-state index in [-0.39, 0.29) is 24.2 Å². The molecule has 1 unspecified atom stereocenters. The quantitative estimate of drug-likeness (QED) is 0.192. The number of benzene rings is 1. The first-order chi connectivity index (χ1) is 12.1. The lowest BCUT2D eigenvalue weighted by molar-refractivity contribution is -0.120. The second-order valence-corrected chi connectivity index (χ2v) is 8.26. The number of carbonyl (C=O) groups excluding carboxylic acids is 3. The summed E-state index contributed by atoms with van der Waals surface area (Å²) in [6.45, 7) is -1.51. The van der Waals surface area contributed by atoms with Gasteiger partial charge in [0.2, 0.25) is 0 Å². The Balaban J connectivity index is 3.39. The molecule has 12 heteroatoms. The fourth-order valence-corrected chi connectivity index (χ4v) is 6.41. The molecule has 26 heavy (non-hydrogen) atoms. The number of anilines is 1. The maximum Gasteiger partial charge on any atom is 0.253 e. The third-order valence-corrected chi connectivity index (χ3v) is 6.37. The van der Waals surface area contributed by atoms with Gasteiger partial charge in [0, 0.05) is 10.1 Å². The molecule has 1 aromatic rings. The molecule has 0 aliphatic heterocycles. The van der Waals surface area contributed by atoms with Crippen LogP contribution in [0.25, 0.3) is 0 Å². The first-order valence-corrected chi connectivity index (χ1v) is 10.3. The Morgan fingerprint density at radius 2 is 1.62 bits per heavy atom. The minimum Gasteiger partial charge on any atom is -0.394 e. The number of aliphatic hydroxyl groups excluding tert-OH is 3. The number of hydrogen-bond donors (Lipinski definition) is 6. The largest absolute Gasteiger partial charge is 0.394 e. The van der Waals surface area contributed by atoms with Crippen LogP contribution in [0.15, 0.2) is 0 Å². The van der Waals surface area contributed by atoms with Gasteiger partial charge < -0.3 is 31.7 Å². The van der Waals surface area contributed by atoms with E-state index in [9.17, 15) is 19.5 Å². The summed E-state index contributed by atoms with van der Waals surface area (Å²) in [4.78, 5) is 35.8. The van der Waals surface area contributed by atoms with Crippen molar-refractivity contribution < 1.29 is 29.7 Å². The maximum absolute atomic E-state index is 12.5. The average Bonchev–Trinajstić information content (AvgIpc) is 2.58. The van der Waals surface area contributed by atoms with Gasteiger partial charge in [-0.3, -0.25) is 14.4 Å². The summed E-state index contributed by atoms with van der Waals surface area (Å²) in [5.74, 6) is -1.77. The number of Topliss-reactive ketones (excluding diaryl/α,β-unsaturated/α-hetero) is 1.